The van der Waals surface area contributed by atoms with Crippen molar-refractivity contribution in [3.05, 3.63) is 36.0 Å². The van der Waals surface area contributed by atoms with Crippen LogP contribution in [0.5, 0.6) is 0 Å². The number of amides is 1. The number of methoxy groups -OCH3 is 3. The minimum Gasteiger partial charge on any atom is -0.456 e. The molecular formula is C44H69NO13. The van der Waals surface area contributed by atoms with Gasteiger partial charge >= 0.3 is 5.97 Å². The highest BCUT2D eigenvalue weighted by Crippen LogP contribution is 2.39. The predicted molar refractivity (Wildman–Crippen MR) is 214 cm³/mol. The summed E-state index contributed by atoms with van der Waals surface area (Å²) in [5, 5.41) is 44.0. The fourth-order valence-corrected chi connectivity index (χ4v) is 9.36. The molecule has 1 amide bonds. The van der Waals surface area contributed by atoms with Crippen molar-refractivity contribution in [2.24, 2.45) is 29.6 Å². The summed E-state index contributed by atoms with van der Waals surface area (Å²) in [6, 6.07) is -1.17. The van der Waals surface area contributed by atoms with Gasteiger partial charge in [0, 0.05) is 71.0 Å². The van der Waals surface area contributed by atoms with E-state index in [2.05, 4.69) is 6.58 Å². The van der Waals surface area contributed by atoms with Crippen LogP contribution in [0.25, 0.3) is 0 Å². The van der Waals surface area contributed by atoms with Gasteiger partial charge in [-0.1, -0.05) is 37.6 Å². The monoisotopic (exact) mass is 819 g/mol. The standard InChI is InChI=1S/C44H69NO13/c1-9-12-30-17-25(2)18-32(54-6)22-38(56-8)40-37(55-7)20-27(4)44(53,58-40)41(50)42(51)45-16-11-10-13-33(45)43(52)57-39(28(5)35(48)23-36(30)49)26(3)19-29-14-15-34(47)31(21-29)24-46/h9,17,19,27-35,37-40,46-48,53H,1,10-16,18,20-24H2,2-8H3/b25-17+,26-19+/t27-,28-,29+,30-,31+,32+,33+,34-,35+,37+,38+,39-,40+,44-/m1/s1. The largest absolute Gasteiger partial charge is 0.456 e. The topological polar surface area (TPSA) is 199 Å². The molecule has 0 unspecified atom stereocenters. The van der Waals surface area contributed by atoms with Crippen LogP contribution < -0.4 is 0 Å². The molecule has 14 heteroatoms. The molecule has 0 radical (unpaired) electrons. The summed E-state index contributed by atoms with van der Waals surface area (Å²) in [5.41, 5.74) is 1.46. The zero-order valence-corrected chi connectivity index (χ0v) is 35.5. The van der Waals surface area contributed by atoms with Crippen molar-refractivity contribution in [1.29, 1.82) is 0 Å². The molecule has 1 aliphatic carbocycles. The maximum absolute atomic E-state index is 14.3. The van der Waals surface area contributed by atoms with Crippen molar-refractivity contribution in [2.45, 2.75) is 153 Å². The van der Waals surface area contributed by atoms with Gasteiger partial charge in [-0.05, 0) is 83.1 Å². The van der Waals surface area contributed by atoms with Crippen molar-refractivity contribution in [1.82, 2.24) is 4.90 Å². The molecule has 0 aromatic heterocycles. The molecule has 328 valence electrons. The fourth-order valence-electron chi connectivity index (χ4n) is 9.36. The summed E-state index contributed by atoms with van der Waals surface area (Å²) in [5.74, 6) is -8.46. The van der Waals surface area contributed by atoms with Crippen LogP contribution in [0.2, 0.25) is 0 Å². The fraction of sp³-hybridized carbons (Fsp3) is 0.773. The van der Waals surface area contributed by atoms with Gasteiger partial charge in [-0.3, -0.25) is 14.4 Å². The minimum absolute atomic E-state index is 0.0563. The number of carbonyl (C=O) groups excluding carboxylic acids is 4. The molecule has 14 nitrogen and oxygen atoms in total. The van der Waals surface area contributed by atoms with Crippen LogP contribution in [0.15, 0.2) is 36.0 Å². The van der Waals surface area contributed by atoms with E-state index in [1.165, 1.54) is 14.2 Å². The highest BCUT2D eigenvalue weighted by molar-refractivity contribution is 6.39. The number of Topliss-reactive ketones (excluding diaryl/α,β-unsaturated/α-hetero) is 2. The van der Waals surface area contributed by atoms with E-state index in [0.29, 0.717) is 50.5 Å². The third-order valence-electron chi connectivity index (χ3n) is 13.1. The SMILES string of the molecule is C=CC[C@@H]1/C=C(\C)C[C@H](OC)C[C@H](OC)[C@H]2O[C@@](O)(C(=O)C(=O)N3CCCC[C@H]3C(=O)O[C@H](/C(C)=C/[C@@H]3CC[C@@H](O)[C@H](CO)C3)[C@H](C)[C@@H](O)CC1=O)[C@H](C)C[C@@H]2OC. The Labute approximate surface area is 343 Å². The molecule has 3 aliphatic heterocycles. The maximum atomic E-state index is 14.3. The molecule has 3 heterocycles. The number of piperidine rings is 1. The number of ether oxygens (including phenoxy) is 5. The Morgan fingerprint density at radius 2 is 1.66 bits per heavy atom. The average molecular weight is 820 g/mol. The smallest absolute Gasteiger partial charge is 0.329 e. The first kappa shape index (κ1) is 47.9. The number of carbonyl (C=O) groups is 4. The molecule has 0 aromatic rings. The molecule has 2 saturated heterocycles. The van der Waals surface area contributed by atoms with Gasteiger partial charge < -0.3 is 49.0 Å². The first-order valence-electron chi connectivity index (χ1n) is 21.0. The van der Waals surface area contributed by atoms with Crippen LogP contribution in [0.3, 0.4) is 0 Å². The van der Waals surface area contributed by atoms with E-state index in [-0.39, 0.29) is 56.5 Å². The summed E-state index contributed by atoms with van der Waals surface area (Å²) >= 11 is 0. The van der Waals surface area contributed by atoms with Gasteiger partial charge in [-0.2, -0.15) is 0 Å². The van der Waals surface area contributed by atoms with Crippen molar-refractivity contribution in [3.63, 3.8) is 0 Å². The van der Waals surface area contributed by atoms with Crippen LogP contribution in [0.1, 0.15) is 98.3 Å². The van der Waals surface area contributed by atoms with Crippen molar-refractivity contribution < 1.29 is 63.3 Å². The second-order valence-electron chi connectivity index (χ2n) is 17.2. The zero-order valence-electron chi connectivity index (χ0n) is 35.5. The number of aliphatic hydroxyl groups is 4. The van der Waals surface area contributed by atoms with E-state index in [9.17, 15) is 39.6 Å². The predicted octanol–water partition coefficient (Wildman–Crippen LogP) is 3.61. The van der Waals surface area contributed by atoms with Crippen LogP contribution in [-0.4, -0.2) is 138 Å². The van der Waals surface area contributed by atoms with Gasteiger partial charge in [0.1, 0.15) is 24.0 Å². The van der Waals surface area contributed by atoms with Crippen LogP contribution in [-0.2, 0) is 42.9 Å². The number of aliphatic hydroxyl groups excluding tert-OH is 3. The van der Waals surface area contributed by atoms with E-state index >= 15 is 0 Å². The first-order valence-corrected chi connectivity index (χ1v) is 21.0. The van der Waals surface area contributed by atoms with E-state index in [0.717, 1.165) is 10.5 Å². The van der Waals surface area contributed by atoms with Crippen LogP contribution in [0, 0.1) is 29.6 Å². The molecule has 1 saturated carbocycles. The van der Waals surface area contributed by atoms with Crippen molar-refractivity contribution in [2.75, 3.05) is 34.5 Å². The van der Waals surface area contributed by atoms with Crippen molar-refractivity contribution in [3.8, 4) is 0 Å². The number of ketones is 2. The third kappa shape index (κ3) is 11.3. The highest BCUT2D eigenvalue weighted by Gasteiger charge is 2.56. The summed E-state index contributed by atoms with van der Waals surface area (Å²) in [4.78, 5) is 57.9. The summed E-state index contributed by atoms with van der Waals surface area (Å²) in [6.07, 6.45) is 3.59. The molecule has 58 heavy (non-hydrogen) atoms. The lowest BCUT2D eigenvalue weighted by atomic mass is 9.78. The van der Waals surface area contributed by atoms with E-state index in [1.807, 2.05) is 19.1 Å². The molecule has 4 rings (SSSR count). The van der Waals surface area contributed by atoms with Crippen LogP contribution >= 0.6 is 0 Å². The number of esters is 1. The van der Waals surface area contributed by atoms with Crippen LogP contribution in [0.4, 0.5) is 0 Å². The molecule has 4 aliphatic rings. The molecule has 0 spiro atoms. The Kier molecular flexibility index (Phi) is 17.8. The molecule has 4 N–H and O–H groups in total. The zero-order chi connectivity index (χ0) is 42.9. The third-order valence-corrected chi connectivity index (χ3v) is 13.1. The number of nitrogens with zero attached hydrogens (tertiary/aromatic N) is 1. The Morgan fingerprint density at radius 3 is 2.29 bits per heavy atom. The average Bonchev–Trinajstić information content (AvgIpc) is 3.21. The molecule has 0 aromatic carbocycles. The number of hydrogen-bond donors (Lipinski definition) is 4. The molecule has 2 bridgehead atoms. The van der Waals surface area contributed by atoms with Gasteiger partial charge in [0.05, 0.1) is 30.5 Å². The second kappa shape index (κ2) is 21.6. The number of allylic oxidation sites excluding steroid dienone is 3. The number of rotatable bonds is 8. The number of fused-ring (bicyclic) bond motifs is 3. The second-order valence-corrected chi connectivity index (χ2v) is 17.2. The summed E-state index contributed by atoms with van der Waals surface area (Å²) < 4.78 is 30.0. The quantitative estimate of drug-likeness (QED) is 0.158. The Morgan fingerprint density at radius 1 is 0.966 bits per heavy atom. The summed E-state index contributed by atoms with van der Waals surface area (Å²) in [6.45, 7) is 10.7. The van der Waals surface area contributed by atoms with Gasteiger partial charge in [0.2, 0.25) is 5.79 Å². The lowest BCUT2D eigenvalue weighted by Crippen LogP contribution is -2.64. The first-order chi connectivity index (χ1) is 27.5. The van der Waals surface area contributed by atoms with Gasteiger partial charge in [-0.15, -0.1) is 6.58 Å². The maximum Gasteiger partial charge on any atom is 0.329 e. The summed E-state index contributed by atoms with van der Waals surface area (Å²) in [7, 11) is 4.53. The molecular weight excluding hydrogens is 750 g/mol. The minimum atomic E-state index is -2.56. The van der Waals surface area contributed by atoms with Gasteiger partial charge in [-0.25, -0.2) is 4.79 Å². The Balaban J connectivity index is 1.79. The van der Waals surface area contributed by atoms with Gasteiger partial charge in [0.15, 0.2) is 0 Å². The van der Waals surface area contributed by atoms with E-state index in [4.69, 9.17) is 23.7 Å². The lowest BCUT2D eigenvalue weighted by Gasteiger charge is -2.47. The molecule has 14 atom stereocenters. The molecule has 3 fully saturated rings. The number of cyclic esters (lactones) is 1. The highest BCUT2D eigenvalue weighted by atomic mass is 16.7. The normalized spacial score (nSPS) is 40.5. The van der Waals surface area contributed by atoms with E-state index < -0.39 is 90.0 Å². The number of hydrogen-bond acceptors (Lipinski definition) is 13. The van der Waals surface area contributed by atoms with E-state index in [1.54, 1.807) is 34.0 Å². The lowest BCUT2D eigenvalue weighted by molar-refractivity contribution is -0.303. The van der Waals surface area contributed by atoms with Crippen molar-refractivity contribution >= 4 is 23.4 Å². The Bertz CT molecular complexity index is 1500. The van der Waals surface area contributed by atoms with Gasteiger partial charge in [0.25, 0.3) is 11.7 Å². The Hall–Kier alpha value is -2.82.